The summed E-state index contributed by atoms with van der Waals surface area (Å²) in [5.41, 5.74) is 1.03. The van der Waals surface area contributed by atoms with Crippen molar-refractivity contribution in [1.29, 1.82) is 0 Å². The molecule has 1 atom stereocenters. The molecule has 0 saturated carbocycles. The van der Waals surface area contributed by atoms with Crippen molar-refractivity contribution >= 4 is 17.5 Å². The van der Waals surface area contributed by atoms with Gasteiger partial charge in [-0.2, -0.15) is 0 Å². The third-order valence-electron chi connectivity index (χ3n) is 4.01. The van der Waals surface area contributed by atoms with E-state index in [1.165, 1.54) is 0 Å². The van der Waals surface area contributed by atoms with Crippen LogP contribution in [0.25, 0.3) is 0 Å². The lowest BCUT2D eigenvalue weighted by molar-refractivity contribution is -0.136. The van der Waals surface area contributed by atoms with Crippen LogP contribution in [0.4, 0.5) is 0 Å². The van der Waals surface area contributed by atoms with Gasteiger partial charge in [0.05, 0.1) is 6.61 Å². The quantitative estimate of drug-likeness (QED) is 0.899. The molecule has 0 aliphatic carbocycles. The van der Waals surface area contributed by atoms with Crippen molar-refractivity contribution in [1.82, 2.24) is 9.80 Å². The molecule has 1 saturated heterocycles. The van der Waals surface area contributed by atoms with E-state index in [9.17, 15) is 4.79 Å². The van der Waals surface area contributed by atoms with E-state index in [4.69, 9.17) is 16.7 Å². The van der Waals surface area contributed by atoms with E-state index in [2.05, 4.69) is 4.90 Å². The monoisotopic (exact) mass is 310 g/mol. The van der Waals surface area contributed by atoms with Gasteiger partial charge in [-0.1, -0.05) is 36.7 Å². The molecule has 1 aliphatic heterocycles. The van der Waals surface area contributed by atoms with Crippen molar-refractivity contribution < 1.29 is 9.90 Å². The normalized spacial score (nSPS) is 17.8. The Morgan fingerprint density at radius 3 is 2.57 bits per heavy atom. The topological polar surface area (TPSA) is 43.8 Å². The van der Waals surface area contributed by atoms with Crippen LogP contribution in [0.1, 0.15) is 12.5 Å². The van der Waals surface area contributed by atoms with Crippen LogP contribution in [0.2, 0.25) is 5.02 Å². The zero-order valence-corrected chi connectivity index (χ0v) is 13.2. The number of carbonyl (C=O) groups is 1. The zero-order valence-electron chi connectivity index (χ0n) is 12.5. The Morgan fingerprint density at radius 1 is 1.29 bits per heavy atom. The molecule has 1 fully saturated rings. The third kappa shape index (κ3) is 4.43. The molecule has 21 heavy (non-hydrogen) atoms. The number of nitrogens with zero attached hydrogens (tertiary/aromatic N) is 2. The summed E-state index contributed by atoms with van der Waals surface area (Å²) >= 11 is 6.16. The summed E-state index contributed by atoms with van der Waals surface area (Å²) in [6, 6.07) is 7.69. The molecular weight excluding hydrogens is 288 g/mol. The van der Waals surface area contributed by atoms with Gasteiger partial charge in [-0.3, -0.25) is 9.69 Å². The Bertz CT molecular complexity index is 473. The molecule has 1 N–H and O–H groups in total. The number of hydrogen-bond donors (Lipinski definition) is 1. The van der Waals surface area contributed by atoms with Crippen LogP contribution >= 0.6 is 11.6 Å². The van der Waals surface area contributed by atoms with Crippen molar-refractivity contribution in [3.8, 4) is 0 Å². The molecule has 1 unspecified atom stereocenters. The highest BCUT2D eigenvalue weighted by atomic mass is 35.5. The first kappa shape index (κ1) is 16.3. The number of hydrogen-bond acceptors (Lipinski definition) is 3. The molecule has 1 aromatic carbocycles. The van der Waals surface area contributed by atoms with Crippen molar-refractivity contribution in [2.24, 2.45) is 5.92 Å². The predicted octanol–water partition coefficient (Wildman–Crippen LogP) is 1.66. The lowest BCUT2D eigenvalue weighted by Gasteiger charge is -2.35. The Morgan fingerprint density at radius 2 is 1.95 bits per heavy atom. The molecule has 1 aliphatic rings. The van der Waals surface area contributed by atoms with Crippen LogP contribution < -0.4 is 0 Å². The van der Waals surface area contributed by atoms with Crippen LogP contribution in [0.5, 0.6) is 0 Å². The first-order chi connectivity index (χ1) is 10.1. The number of rotatable bonds is 5. The van der Waals surface area contributed by atoms with E-state index in [1.54, 1.807) is 0 Å². The van der Waals surface area contributed by atoms with Gasteiger partial charge in [0.1, 0.15) is 0 Å². The maximum absolute atomic E-state index is 12.5. The van der Waals surface area contributed by atoms with Gasteiger partial charge in [-0.05, 0) is 18.1 Å². The Hall–Kier alpha value is -1.10. The second-order valence-corrected chi connectivity index (χ2v) is 5.99. The first-order valence-corrected chi connectivity index (χ1v) is 7.85. The summed E-state index contributed by atoms with van der Waals surface area (Å²) in [6.45, 7) is 5.99. The SMILES string of the molecule is CC(Cc1ccccc1Cl)C(=O)N1CCN(CCO)CC1. The molecule has 1 aromatic rings. The summed E-state index contributed by atoms with van der Waals surface area (Å²) < 4.78 is 0. The molecular formula is C16H23ClN2O2. The van der Waals surface area contributed by atoms with Gasteiger partial charge in [0.2, 0.25) is 5.91 Å². The van der Waals surface area contributed by atoms with Gasteiger partial charge in [0.25, 0.3) is 0 Å². The number of carbonyl (C=O) groups excluding carboxylic acids is 1. The highest BCUT2D eigenvalue weighted by Crippen LogP contribution is 2.20. The van der Waals surface area contributed by atoms with E-state index in [0.717, 1.165) is 36.8 Å². The van der Waals surface area contributed by atoms with Gasteiger partial charge >= 0.3 is 0 Å². The maximum Gasteiger partial charge on any atom is 0.225 e. The lowest BCUT2D eigenvalue weighted by atomic mass is 9.99. The number of piperazine rings is 1. The Balaban J connectivity index is 1.87. The second kappa shape index (κ2) is 7.78. The second-order valence-electron chi connectivity index (χ2n) is 5.59. The highest BCUT2D eigenvalue weighted by molar-refractivity contribution is 6.31. The summed E-state index contributed by atoms with van der Waals surface area (Å²) in [5.74, 6) is 0.132. The number of benzene rings is 1. The fourth-order valence-corrected chi connectivity index (χ4v) is 2.94. The van der Waals surface area contributed by atoms with Crippen LogP contribution in [0, 0.1) is 5.92 Å². The van der Waals surface area contributed by atoms with Crippen molar-refractivity contribution in [3.63, 3.8) is 0 Å². The fourth-order valence-electron chi connectivity index (χ4n) is 2.73. The largest absolute Gasteiger partial charge is 0.395 e. The summed E-state index contributed by atoms with van der Waals surface area (Å²) in [7, 11) is 0. The fraction of sp³-hybridized carbons (Fsp3) is 0.562. The average Bonchev–Trinajstić information content (AvgIpc) is 2.50. The number of aliphatic hydroxyl groups excluding tert-OH is 1. The van der Waals surface area contributed by atoms with E-state index in [0.29, 0.717) is 13.0 Å². The van der Waals surface area contributed by atoms with E-state index in [-0.39, 0.29) is 18.4 Å². The summed E-state index contributed by atoms with van der Waals surface area (Å²) in [5, 5.41) is 9.66. The number of β-amino-alcohol motifs (C(OH)–C–C–N with tert-alkyl or cyclic N) is 1. The van der Waals surface area contributed by atoms with Crippen molar-refractivity contribution in [3.05, 3.63) is 34.9 Å². The third-order valence-corrected chi connectivity index (χ3v) is 4.37. The summed E-state index contributed by atoms with van der Waals surface area (Å²) in [6.07, 6.45) is 0.676. The van der Waals surface area contributed by atoms with Gasteiger partial charge < -0.3 is 10.0 Å². The minimum absolute atomic E-state index is 0.0608. The number of aliphatic hydroxyl groups is 1. The highest BCUT2D eigenvalue weighted by Gasteiger charge is 2.25. The molecule has 1 amide bonds. The van der Waals surface area contributed by atoms with E-state index >= 15 is 0 Å². The molecule has 116 valence electrons. The Labute approximate surface area is 131 Å². The minimum Gasteiger partial charge on any atom is -0.395 e. The first-order valence-electron chi connectivity index (χ1n) is 7.47. The summed E-state index contributed by atoms with van der Waals surface area (Å²) in [4.78, 5) is 16.6. The van der Waals surface area contributed by atoms with Gasteiger partial charge in [-0.25, -0.2) is 0 Å². The van der Waals surface area contributed by atoms with Crippen LogP contribution in [0.3, 0.4) is 0 Å². The Kier molecular flexibility index (Phi) is 6.03. The molecule has 2 rings (SSSR count). The van der Waals surface area contributed by atoms with Gasteiger partial charge in [-0.15, -0.1) is 0 Å². The molecule has 0 bridgehead atoms. The number of halogens is 1. The minimum atomic E-state index is -0.0608. The molecule has 1 heterocycles. The maximum atomic E-state index is 12.5. The van der Waals surface area contributed by atoms with E-state index in [1.807, 2.05) is 36.1 Å². The molecule has 0 spiro atoms. The van der Waals surface area contributed by atoms with Crippen LogP contribution in [-0.4, -0.2) is 60.1 Å². The van der Waals surface area contributed by atoms with Crippen molar-refractivity contribution in [2.75, 3.05) is 39.3 Å². The standard InChI is InChI=1S/C16H23ClN2O2/c1-13(12-14-4-2-3-5-15(14)17)16(21)19-8-6-18(7-9-19)10-11-20/h2-5,13,20H,6-12H2,1H3. The smallest absolute Gasteiger partial charge is 0.225 e. The lowest BCUT2D eigenvalue weighted by Crippen LogP contribution is -2.50. The average molecular weight is 311 g/mol. The number of amides is 1. The zero-order chi connectivity index (χ0) is 15.2. The molecule has 5 heteroatoms. The molecule has 0 radical (unpaired) electrons. The van der Waals surface area contributed by atoms with Crippen LogP contribution in [0.15, 0.2) is 24.3 Å². The molecule has 4 nitrogen and oxygen atoms in total. The van der Waals surface area contributed by atoms with Gasteiger partial charge in [0, 0.05) is 43.7 Å². The molecule has 0 aromatic heterocycles. The predicted molar refractivity (Wildman–Crippen MR) is 84.4 cm³/mol. The van der Waals surface area contributed by atoms with Crippen LogP contribution in [-0.2, 0) is 11.2 Å². The van der Waals surface area contributed by atoms with Crippen molar-refractivity contribution in [2.45, 2.75) is 13.3 Å². The van der Waals surface area contributed by atoms with E-state index < -0.39 is 0 Å². The van der Waals surface area contributed by atoms with Gasteiger partial charge in [0.15, 0.2) is 0 Å².